The predicted octanol–water partition coefficient (Wildman–Crippen LogP) is 3.27. The number of ether oxygens (including phenoxy) is 1. The van der Waals surface area contributed by atoms with Crippen molar-refractivity contribution in [3.63, 3.8) is 0 Å². The molecular formula is C11H16BrNO3S. The Morgan fingerprint density at radius 3 is 2.71 bits per heavy atom. The zero-order chi connectivity index (χ0) is 12.3. The molecule has 0 atom stereocenters. The summed E-state index contributed by atoms with van der Waals surface area (Å²) in [6.45, 7) is 0.475. The molecular weight excluding hydrogens is 306 g/mol. The molecule has 1 aromatic rings. The van der Waals surface area contributed by atoms with Gasteiger partial charge in [0.25, 0.3) is 0 Å². The van der Waals surface area contributed by atoms with E-state index in [9.17, 15) is 9.11 Å². The lowest BCUT2D eigenvalue weighted by Gasteiger charge is -2.38. The Labute approximate surface area is 111 Å². The Kier molecular flexibility index (Phi) is 4.43. The number of halogens is 1. The van der Waals surface area contributed by atoms with Gasteiger partial charge in [-0.15, -0.1) is 0 Å². The maximum Gasteiger partial charge on any atom is 0.106 e. The van der Waals surface area contributed by atoms with Gasteiger partial charge in [0.15, 0.2) is 0 Å². The third-order valence-electron chi connectivity index (χ3n) is 2.77. The van der Waals surface area contributed by atoms with Gasteiger partial charge in [-0.3, -0.25) is 9.11 Å². The van der Waals surface area contributed by atoms with Crippen molar-refractivity contribution >= 4 is 26.5 Å². The molecule has 96 valence electrons. The first kappa shape index (κ1) is 13.3. The van der Waals surface area contributed by atoms with E-state index in [1.54, 1.807) is 0 Å². The molecule has 1 fully saturated rings. The van der Waals surface area contributed by atoms with Crippen LogP contribution in [0.25, 0.3) is 0 Å². The largest absolute Gasteiger partial charge is 0.372 e. The van der Waals surface area contributed by atoms with Crippen molar-refractivity contribution in [1.29, 1.82) is 0 Å². The van der Waals surface area contributed by atoms with E-state index in [2.05, 4.69) is 20.9 Å². The second kappa shape index (κ2) is 5.67. The smallest absolute Gasteiger partial charge is 0.106 e. The number of hydrogen-bond acceptors (Lipinski definition) is 4. The van der Waals surface area contributed by atoms with Crippen molar-refractivity contribution in [1.82, 2.24) is 4.98 Å². The normalized spacial score (nSPS) is 22.3. The van der Waals surface area contributed by atoms with Gasteiger partial charge in [-0.25, -0.2) is 4.98 Å². The van der Waals surface area contributed by atoms with E-state index in [4.69, 9.17) is 4.74 Å². The van der Waals surface area contributed by atoms with Gasteiger partial charge in [0, 0.05) is 11.5 Å². The van der Waals surface area contributed by atoms with Crippen LogP contribution in [0.15, 0.2) is 22.8 Å². The Hall–Kier alpha value is -0.140. The molecule has 1 aromatic heterocycles. The van der Waals surface area contributed by atoms with E-state index in [1.165, 1.54) is 0 Å². The monoisotopic (exact) mass is 321 g/mol. The van der Waals surface area contributed by atoms with Gasteiger partial charge in [-0.05, 0) is 40.9 Å². The van der Waals surface area contributed by atoms with Crippen LogP contribution in [-0.4, -0.2) is 31.7 Å². The highest BCUT2D eigenvalue weighted by atomic mass is 79.9. The number of rotatable bonds is 3. The minimum absolute atomic E-state index is 0.121. The number of pyridine rings is 1. The SMILES string of the molecule is OS1(O)CCC(OCc2cccc(Br)n2)CC1. The lowest BCUT2D eigenvalue weighted by Crippen LogP contribution is -2.26. The van der Waals surface area contributed by atoms with Crippen molar-refractivity contribution in [3.05, 3.63) is 28.5 Å². The second-order valence-corrected chi connectivity index (χ2v) is 7.41. The van der Waals surface area contributed by atoms with Crippen LogP contribution < -0.4 is 0 Å². The van der Waals surface area contributed by atoms with Crippen molar-refractivity contribution in [2.45, 2.75) is 25.6 Å². The summed E-state index contributed by atoms with van der Waals surface area (Å²) in [6, 6.07) is 5.72. The molecule has 6 heteroatoms. The molecule has 0 saturated carbocycles. The molecule has 0 aromatic carbocycles. The average molecular weight is 322 g/mol. The summed E-state index contributed by atoms with van der Waals surface area (Å²) >= 11 is 3.31. The van der Waals surface area contributed by atoms with Crippen LogP contribution in [0.4, 0.5) is 0 Å². The molecule has 1 saturated heterocycles. The molecule has 17 heavy (non-hydrogen) atoms. The summed E-state index contributed by atoms with van der Waals surface area (Å²) in [4.78, 5) is 4.28. The summed E-state index contributed by atoms with van der Waals surface area (Å²) in [5, 5.41) is 0. The predicted molar refractivity (Wildman–Crippen MR) is 72.3 cm³/mol. The lowest BCUT2D eigenvalue weighted by molar-refractivity contribution is 0.0316. The molecule has 0 bridgehead atoms. The van der Waals surface area contributed by atoms with Gasteiger partial charge in [-0.2, -0.15) is 10.6 Å². The minimum atomic E-state index is -2.31. The van der Waals surface area contributed by atoms with Crippen LogP contribution in [0.2, 0.25) is 0 Å². The van der Waals surface area contributed by atoms with E-state index >= 15 is 0 Å². The van der Waals surface area contributed by atoms with Gasteiger partial charge >= 0.3 is 0 Å². The van der Waals surface area contributed by atoms with Gasteiger partial charge in [0.2, 0.25) is 0 Å². The van der Waals surface area contributed by atoms with Crippen molar-refractivity contribution < 1.29 is 13.8 Å². The first-order valence-electron chi connectivity index (χ1n) is 5.52. The molecule has 2 N–H and O–H groups in total. The Balaban J connectivity index is 1.80. The van der Waals surface area contributed by atoms with E-state index in [0.29, 0.717) is 18.1 Å². The van der Waals surface area contributed by atoms with Gasteiger partial charge in [-0.1, -0.05) is 6.07 Å². The molecule has 0 amide bonds. The molecule has 0 unspecified atom stereocenters. The zero-order valence-electron chi connectivity index (χ0n) is 9.38. The van der Waals surface area contributed by atoms with Crippen molar-refractivity contribution in [3.8, 4) is 0 Å². The van der Waals surface area contributed by atoms with Gasteiger partial charge in [0.1, 0.15) is 4.60 Å². The average Bonchev–Trinajstić information content (AvgIpc) is 2.28. The van der Waals surface area contributed by atoms with Crippen LogP contribution in [-0.2, 0) is 11.3 Å². The lowest BCUT2D eigenvalue weighted by atomic mass is 10.2. The maximum atomic E-state index is 9.48. The van der Waals surface area contributed by atoms with Gasteiger partial charge < -0.3 is 4.74 Å². The molecule has 2 heterocycles. The van der Waals surface area contributed by atoms with Crippen LogP contribution >= 0.6 is 26.5 Å². The van der Waals surface area contributed by atoms with Crippen molar-refractivity contribution in [2.24, 2.45) is 0 Å². The standard InChI is InChI=1S/C11H16BrNO3S/c12-11-3-1-2-9(13-11)8-16-10-4-6-17(14,15)7-5-10/h1-3,10,14-15H,4-8H2. The van der Waals surface area contributed by atoms with Crippen molar-refractivity contribution in [2.75, 3.05) is 11.5 Å². The fourth-order valence-corrected chi connectivity index (χ4v) is 3.65. The molecule has 1 aliphatic heterocycles. The fourth-order valence-electron chi connectivity index (χ4n) is 1.79. The molecule has 0 spiro atoms. The molecule has 0 aliphatic carbocycles. The third kappa shape index (κ3) is 4.22. The minimum Gasteiger partial charge on any atom is -0.372 e. The highest BCUT2D eigenvalue weighted by Gasteiger charge is 2.24. The summed E-state index contributed by atoms with van der Waals surface area (Å²) in [7, 11) is -2.31. The highest BCUT2D eigenvalue weighted by molar-refractivity contribution is 9.10. The van der Waals surface area contributed by atoms with Crippen LogP contribution in [0, 0.1) is 0 Å². The van der Waals surface area contributed by atoms with E-state index in [-0.39, 0.29) is 6.10 Å². The van der Waals surface area contributed by atoms with Gasteiger partial charge in [0.05, 0.1) is 18.4 Å². The third-order valence-corrected chi connectivity index (χ3v) is 4.99. The Bertz CT molecular complexity index is 379. The topological polar surface area (TPSA) is 62.6 Å². The highest BCUT2D eigenvalue weighted by Crippen LogP contribution is 2.44. The number of aromatic nitrogens is 1. The van der Waals surface area contributed by atoms with Crippen LogP contribution in [0.1, 0.15) is 18.5 Å². The maximum absolute atomic E-state index is 9.48. The summed E-state index contributed by atoms with van der Waals surface area (Å²) in [6.07, 6.45) is 1.56. The second-order valence-electron chi connectivity index (χ2n) is 4.17. The van der Waals surface area contributed by atoms with Crippen LogP contribution in [0.5, 0.6) is 0 Å². The molecule has 2 rings (SSSR count). The Morgan fingerprint density at radius 1 is 1.35 bits per heavy atom. The van der Waals surface area contributed by atoms with E-state index < -0.39 is 10.6 Å². The quantitative estimate of drug-likeness (QED) is 0.839. The first-order valence-corrected chi connectivity index (χ1v) is 8.20. The molecule has 4 nitrogen and oxygen atoms in total. The van der Waals surface area contributed by atoms with E-state index in [0.717, 1.165) is 23.1 Å². The Morgan fingerprint density at radius 2 is 2.06 bits per heavy atom. The number of hydrogen-bond donors (Lipinski definition) is 2. The van der Waals surface area contributed by atoms with Crippen LogP contribution in [0.3, 0.4) is 0 Å². The first-order chi connectivity index (χ1) is 8.05. The molecule has 1 aliphatic rings. The summed E-state index contributed by atoms with van der Waals surface area (Å²) < 4.78 is 25.5. The summed E-state index contributed by atoms with van der Waals surface area (Å²) in [5.74, 6) is 0.924. The number of nitrogens with zero attached hydrogens (tertiary/aromatic N) is 1. The van der Waals surface area contributed by atoms with E-state index in [1.807, 2.05) is 18.2 Å². The zero-order valence-corrected chi connectivity index (χ0v) is 11.8. The fraction of sp³-hybridized carbons (Fsp3) is 0.545. The summed E-state index contributed by atoms with van der Waals surface area (Å²) in [5.41, 5.74) is 0.886. The molecule has 0 radical (unpaired) electrons.